The first-order chi connectivity index (χ1) is 13.3. The van der Waals surface area contributed by atoms with Crippen LogP contribution < -0.4 is 5.73 Å². The first-order valence-electron chi connectivity index (χ1n) is 8.86. The van der Waals surface area contributed by atoms with E-state index in [1.807, 2.05) is 48.5 Å². The van der Waals surface area contributed by atoms with Gasteiger partial charge in [0, 0.05) is 11.1 Å². The lowest BCUT2D eigenvalue weighted by Gasteiger charge is -2.09. The fourth-order valence-corrected chi connectivity index (χ4v) is 2.96. The first-order valence-corrected chi connectivity index (χ1v) is 8.86. The molecular weight excluding hydrogens is 338 g/mol. The Bertz CT molecular complexity index is 1060. The van der Waals surface area contributed by atoms with E-state index in [9.17, 15) is 0 Å². The number of aryl methyl sites for hydroxylation is 1. The molecule has 0 unspecified atom stereocenters. The molecule has 0 amide bonds. The van der Waals surface area contributed by atoms with Crippen LogP contribution in [0.2, 0.25) is 0 Å². The molecule has 6 heteroatoms. The normalized spacial score (nSPS) is 10.9. The van der Waals surface area contributed by atoms with Gasteiger partial charge in [-0.15, -0.1) is 10.2 Å². The maximum absolute atomic E-state index is 6.04. The number of hydrogen-bond acceptors (Lipinski definition) is 6. The highest BCUT2D eigenvalue weighted by Gasteiger charge is 2.17. The molecule has 0 saturated carbocycles. The third-order valence-corrected chi connectivity index (χ3v) is 4.26. The van der Waals surface area contributed by atoms with Gasteiger partial charge in [0.15, 0.2) is 11.5 Å². The van der Waals surface area contributed by atoms with Crippen molar-refractivity contribution in [1.82, 2.24) is 20.2 Å². The zero-order valence-corrected chi connectivity index (χ0v) is 15.0. The Kier molecular flexibility index (Phi) is 4.61. The second-order valence-corrected chi connectivity index (χ2v) is 6.17. The van der Waals surface area contributed by atoms with E-state index in [1.165, 1.54) is 5.56 Å². The monoisotopic (exact) mass is 357 g/mol. The minimum absolute atomic E-state index is 0.258. The number of nitrogens with two attached hydrogens (primary N) is 1. The van der Waals surface area contributed by atoms with Crippen LogP contribution in [0.5, 0.6) is 0 Å². The summed E-state index contributed by atoms with van der Waals surface area (Å²) in [5.74, 6) is 0.937. The molecule has 0 saturated heterocycles. The summed E-state index contributed by atoms with van der Waals surface area (Å²) in [6, 6.07) is 17.7. The summed E-state index contributed by atoms with van der Waals surface area (Å²) < 4.78 is 5.80. The summed E-state index contributed by atoms with van der Waals surface area (Å²) in [5.41, 5.74) is 10.3. The molecule has 2 N–H and O–H groups in total. The Hall–Kier alpha value is -3.54. The molecule has 2 aromatic heterocycles. The SMILES string of the molecule is CCCc1ccccc1-c1cnc(N)c(-c2nnc(-c3ccccc3)o2)n1. The van der Waals surface area contributed by atoms with Crippen LogP contribution in [0.3, 0.4) is 0 Å². The molecule has 0 bridgehead atoms. The zero-order valence-electron chi connectivity index (χ0n) is 15.0. The van der Waals surface area contributed by atoms with E-state index in [1.54, 1.807) is 6.20 Å². The van der Waals surface area contributed by atoms with Crippen LogP contribution in [-0.4, -0.2) is 20.2 Å². The molecule has 6 nitrogen and oxygen atoms in total. The highest BCUT2D eigenvalue weighted by molar-refractivity contribution is 5.70. The fraction of sp³-hybridized carbons (Fsp3) is 0.143. The first kappa shape index (κ1) is 16.9. The molecule has 0 spiro atoms. The van der Waals surface area contributed by atoms with Crippen LogP contribution in [0.1, 0.15) is 18.9 Å². The Morgan fingerprint density at radius 1 is 0.926 bits per heavy atom. The standard InChI is InChI=1S/C21H19N5O/c1-2-8-14-9-6-7-12-16(14)17-13-23-19(22)18(24-17)21-26-25-20(27-21)15-10-4-3-5-11-15/h3-7,9-13H,2,8H2,1H3,(H2,22,23). The van der Waals surface area contributed by atoms with Crippen LogP contribution in [0.15, 0.2) is 65.2 Å². The summed E-state index contributed by atoms with van der Waals surface area (Å²) in [6.45, 7) is 2.15. The number of benzene rings is 2. The average Bonchev–Trinajstić information content (AvgIpc) is 3.20. The molecule has 4 aromatic rings. The minimum atomic E-state index is 0.258. The van der Waals surface area contributed by atoms with Crippen molar-refractivity contribution in [1.29, 1.82) is 0 Å². The van der Waals surface area contributed by atoms with Gasteiger partial charge in [0.05, 0.1) is 11.9 Å². The number of nitrogens with zero attached hydrogens (tertiary/aromatic N) is 4. The third kappa shape index (κ3) is 3.42. The Morgan fingerprint density at radius 3 is 2.48 bits per heavy atom. The van der Waals surface area contributed by atoms with E-state index < -0.39 is 0 Å². The van der Waals surface area contributed by atoms with Crippen molar-refractivity contribution in [2.45, 2.75) is 19.8 Å². The summed E-state index contributed by atoms with van der Waals surface area (Å²) in [4.78, 5) is 8.98. The van der Waals surface area contributed by atoms with Crippen LogP contribution in [0.25, 0.3) is 34.3 Å². The Balaban J connectivity index is 1.75. The van der Waals surface area contributed by atoms with Crippen LogP contribution in [-0.2, 0) is 6.42 Å². The topological polar surface area (TPSA) is 90.7 Å². The van der Waals surface area contributed by atoms with Crippen LogP contribution >= 0.6 is 0 Å². The number of rotatable bonds is 5. The summed E-state index contributed by atoms with van der Waals surface area (Å²) in [7, 11) is 0. The molecule has 27 heavy (non-hydrogen) atoms. The van der Waals surface area contributed by atoms with Gasteiger partial charge in [0.1, 0.15) is 0 Å². The van der Waals surface area contributed by atoms with Gasteiger partial charge in [-0.3, -0.25) is 0 Å². The van der Waals surface area contributed by atoms with E-state index in [0.717, 1.165) is 29.7 Å². The van der Waals surface area contributed by atoms with Crippen molar-refractivity contribution in [2.75, 3.05) is 5.73 Å². The molecule has 0 aliphatic heterocycles. The molecular formula is C21H19N5O. The lowest BCUT2D eigenvalue weighted by atomic mass is 10.0. The minimum Gasteiger partial charge on any atom is -0.414 e. The Labute approximate surface area is 157 Å². The van der Waals surface area contributed by atoms with Crippen molar-refractivity contribution >= 4 is 5.82 Å². The highest BCUT2D eigenvalue weighted by Crippen LogP contribution is 2.29. The second kappa shape index (κ2) is 7.37. The molecule has 4 rings (SSSR count). The number of nitrogen functional groups attached to an aromatic ring is 1. The van der Waals surface area contributed by atoms with Gasteiger partial charge in [-0.2, -0.15) is 0 Å². The van der Waals surface area contributed by atoms with Gasteiger partial charge in [-0.05, 0) is 24.1 Å². The van der Waals surface area contributed by atoms with E-state index in [2.05, 4.69) is 33.2 Å². The van der Waals surface area contributed by atoms with Gasteiger partial charge in [0.25, 0.3) is 5.89 Å². The largest absolute Gasteiger partial charge is 0.414 e. The second-order valence-electron chi connectivity index (χ2n) is 6.17. The van der Waals surface area contributed by atoms with Crippen molar-refractivity contribution < 1.29 is 4.42 Å². The van der Waals surface area contributed by atoms with Crippen LogP contribution in [0.4, 0.5) is 5.82 Å². The number of hydrogen-bond donors (Lipinski definition) is 1. The maximum Gasteiger partial charge on any atom is 0.270 e. The lowest BCUT2D eigenvalue weighted by molar-refractivity contribution is 0.582. The molecule has 0 fully saturated rings. The lowest BCUT2D eigenvalue weighted by Crippen LogP contribution is -2.00. The molecule has 2 heterocycles. The molecule has 0 aliphatic carbocycles. The van der Waals surface area contributed by atoms with Crippen molar-refractivity contribution in [3.05, 3.63) is 66.4 Å². The Morgan fingerprint density at radius 2 is 1.67 bits per heavy atom. The van der Waals surface area contributed by atoms with Gasteiger partial charge in [-0.1, -0.05) is 55.8 Å². The molecule has 0 atom stereocenters. The van der Waals surface area contributed by atoms with Crippen molar-refractivity contribution in [3.63, 3.8) is 0 Å². The molecule has 0 aliphatic rings. The maximum atomic E-state index is 6.04. The van der Waals surface area contributed by atoms with Crippen molar-refractivity contribution in [2.24, 2.45) is 0 Å². The van der Waals surface area contributed by atoms with E-state index in [4.69, 9.17) is 10.2 Å². The van der Waals surface area contributed by atoms with Gasteiger partial charge in [0.2, 0.25) is 5.89 Å². The third-order valence-electron chi connectivity index (χ3n) is 4.26. The predicted octanol–water partition coefficient (Wildman–Crippen LogP) is 4.40. The number of aromatic nitrogens is 4. The quantitative estimate of drug-likeness (QED) is 0.569. The molecule has 134 valence electrons. The fourth-order valence-electron chi connectivity index (χ4n) is 2.96. The van der Waals surface area contributed by atoms with E-state index >= 15 is 0 Å². The highest BCUT2D eigenvalue weighted by atomic mass is 16.4. The number of anilines is 1. The van der Waals surface area contributed by atoms with Gasteiger partial charge >= 0.3 is 0 Å². The average molecular weight is 357 g/mol. The van der Waals surface area contributed by atoms with Crippen LogP contribution in [0, 0.1) is 0 Å². The smallest absolute Gasteiger partial charge is 0.270 e. The summed E-state index contributed by atoms with van der Waals surface area (Å²) in [6.07, 6.45) is 3.70. The van der Waals surface area contributed by atoms with Gasteiger partial charge in [-0.25, -0.2) is 9.97 Å². The van der Waals surface area contributed by atoms with Gasteiger partial charge < -0.3 is 10.2 Å². The predicted molar refractivity (Wildman–Crippen MR) is 105 cm³/mol. The zero-order chi connectivity index (χ0) is 18.6. The summed E-state index contributed by atoms with van der Waals surface area (Å²) >= 11 is 0. The van der Waals surface area contributed by atoms with E-state index in [0.29, 0.717) is 11.6 Å². The van der Waals surface area contributed by atoms with Crippen molar-refractivity contribution in [3.8, 4) is 34.3 Å². The summed E-state index contributed by atoms with van der Waals surface area (Å²) in [5, 5.41) is 8.23. The van der Waals surface area contributed by atoms with E-state index in [-0.39, 0.29) is 11.7 Å². The molecule has 2 aromatic carbocycles. The molecule has 0 radical (unpaired) electrons.